The van der Waals surface area contributed by atoms with Crippen molar-refractivity contribution < 1.29 is 14.2 Å². The van der Waals surface area contributed by atoms with E-state index in [1.807, 2.05) is 6.07 Å². The Hall–Kier alpha value is -0.710. The molecule has 4 rings (SSSR count). The van der Waals surface area contributed by atoms with Crippen LogP contribution in [0.15, 0.2) is 12.1 Å². The number of fused-ring (bicyclic) bond motifs is 1. The first-order valence-electron chi connectivity index (χ1n) is 4.60. The molecule has 14 heavy (non-hydrogen) atoms. The standard InChI is InChI=1S/C10H8O3S/c14-3-6-5(1-2-7-8(6)12-7)9-10(13-9)4-11-10/h1-2,9,14H,3-4H2. The molecule has 1 spiro atoms. The molecule has 0 aromatic heterocycles. The molecule has 2 fully saturated rings. The Morgan fingerprint density at radius 3 is 3.00 bits per heavy atom. The van der Waals surface area contributed by atoms with Crippen molar-refractivity contribution in [1.29, 1.82) is 0 Å². The highest BCUT2D eigenvalue weighted by molar-refractivity contribution is 7.79. The number of epoxide rings is 2. The summed E-state index contributed by atoms with van der Waals surface area (Å²) in [6.07, 6.45) is 0.110. The molecule has 3 aliphatic rings. The maximum absolute atomic E-state index is 5.51. The van der Waals surface area contributed by atoms with Gasteiger partial charge in [0.15, 0.2) is 11.5 Å². The molecule has 0 bridgehead atoms. The number of hydrogen-bond donors (Lipinski definition) is 1. The Balaban J connectivity index is 1.81. The number of ether oxygens (including phenoxy) is 3. The van der Waals surface area contributed by atoms with Gasteiger partial charge in [0, 0.05) is 11.3 Å². The van der Waals surface area contributed by atoms with Crippen molar-refractivity contribution in [2.75, 3.05) is 6.61 Å². The first-order chi connectivity index (χ1) is 6.84. The zero-order valence-corrected chi connectivity index (χ0v) is 8.21. The van der Waals surface area contributed by atoms with Crippen molar-refractivity contribution in [3.63, 3.8) is 0 Å². The summed E-state index contributed by atoms with van der Waals surface area (Å²) in [6.45, 7) is 0.724. The molecule has 2 saturated heterocycles. The highest BCUT2D eigenvalue weighted by Gasteiger charge is 2.70. The van der Waals surface area contributed by atoms with Crippen molar-refractivity contribution in [2.24, 2.45) is 0 Å². The molecule has 0 radical (unpaired) electrons. The van der Waals surface area contributed by atoms with Gasteiger partial charge < -0.3 is 14.2 Å². The molecule has 3 nitrogen and oxygen atoms in total. The predicted octanol–water partition coefficient (Wildman–Crippen LogP) is 2.02. The second-order valence-electron chi connectivity index (χ2n) is 3.82. The second-order valence-corrected chi connectivity index (χ2v) is 4.14. The average Bonchev–Trinajstić information content (AvgIpc) is 3.05. The third-order valence-electron chi connectivity index (χ3n) is 2.96. The zero-order valence-electron chi connectivity index (χ0n) is 7.32. The summed E-state index contributed by atoms with van der Waals surface area (Å²) in [5.41, 5.74) is 2.33. The summed E-state index contributed by atoms with van der Waals surface area (Å²) in [5.74, 6) is 2.39. The zero-order chi connectivity index (χ0) is 9.34. The maximum atomic E-state index is 5.51. The van der Waals surface area contributed by atoms with Gasteiger partial charge in [-0.1, -0.05) is 6.07 Å². The van der Waals surface area contributed by atoms with E-state index in [1.54, 1.807) is 0 Å². The Bertz CT molecular complexity index is 439. The summed E-state index contributed by atoms with van der Waals surface area (Å²) < 4.78 is 16.1. The van der Waals surface area contributed by atoms with Gasteiger partial charge in [-0.05, 0) is 11.6 Å². The van der Waals surface area contributed by atoms with Crippen molar-refractivity contribution >= 4 is 12.6 Å². The Morgan fingerprint density at radius 2 is 2.36 bits per heavy atom. The smallest absolute Gasteiger partial charge is 0.224 e. The van der Waals surface area contributed by atoms with Crippen molar-refractivity contribution in [2.45, 2.75) is 17.6 Å². The van der Waals surface area contributed by atoms with Crippen LogP contribution in [0.1, 0.15) is 17.2 Å². The van der Waals surface area contributed by atoms with Crippen LogP contribution >= 0.6 is 12.6 Å². The molecule has 0 aliphatic carbocycles. The van der Waals surface area contributed by atoms with Gasteiger partial charge in [-0.25, -0.2) is 0 Å². The van der Waals surface area contributed by atoms with Gasteiger partial charge in [-0.2, -0.15) is 12.6 Å². The first kappa shape index (κ1) is 7.56. The highest BCUT2D eigenvalue weighted by atomic mass is 32.1. The lowest BCUT2D eigenvalue weighted by atomic mass is 10.0. The largest absolute Gasteiger partial charge is 0.449 e. The van der Waals surface area contributed by atoms with E-state index < -0.39 is 0 Å². The first-order valence-corrected chi connectivity index (χ1v) is 5.23. The van der Waals surface area contributed by atoms with Crippen LogP contribution in [0, 0.1) is 0 Å². The molecule has 1 aromatic rings. The lowest BCUT2D eigenvalue weighted by Crippen LogP contribution is -1.91. The molecular weight excluding hydrogens is 200 g/mol. The summed E-state index contributed by atoms with van der Waals surface area (Å²) in [5, 5.41) is 0. The van der Waals surface area contributed by atoms with Crippen LogP contribution in [0.5, 0.6) is 11.5 Å². The monoisotopic (exact) mass is 208 g/mol. The normalized spacial score (nSPS) is 35.1. The third kappa shape index (κ3) is 0.815. The number of thiol groups is 1. The van der Waals surface area contributed by atoms with Crippen LogP contribution in [-0.4, -0.2) is 12.4 Å². The lowest BCUT2D eigenvalue weighted by molar-refractivity contribution is 0.252. The number of hydrogen-bond acceptors (Lipinski definition) is 4. The van der Waals surface area contributed by atoms with Crippen molar-refractivity contribution in [1.82, 2.24) is 0 Å². The minimum absolute atomic E-state index is 0.110. The van der Waals surface area contributed by atoms with E-state index in [4.69, 9.17) is 14.2 Å². The SMILES string of the molecule is SCc1c(C2OC23CO3)ccc2c1O2. The van der Waals surface area contributed by atoms with Crippen LogP contribution in [0.3, 0.4) is 0 Å². The summed E-state index contributed by atoms with van der Waals surface area (Å²) in [4.78, 5) is 0. The van der Waals surface area contributed by atoms with E-state index in [0.29, 0.717) is 5.75 Å². The van der Waals surface area contributed by atoms with Crippen molar-refractivity contribution in [3.8, 4) is 11.5 Å². The van der Waals surface area contributed by atoms with E-state index in [9.17, 15) is 0 Å². The topological polar surface area (TPSA) is 37.6 Å². The van der Waals surface area contributed by atoms with Crippen LogP contribution in [0.2, 0.25) is 0 Å². The van der Waals surface area contributed by atoms with Crippen LogP contribution in [0.4, 0.5) is 0 Å². The van der Waals surface area contributed by atoms with E-state index in [-0.39, 0.29) is 11.9 Å². The van der Waals surface area contributed by atoms with Gasteiger partial charge in [0.05, 0.1) is 0 Å². The van der Waals surface area contributed by atoms with Gasteiger partial charge in [-0.3, -0.25) is 0 Å². The van der Waals surface area contributed by atoms with Gasteiger partial charge in [0.1, 0.15) is 12.7 Å². The van der Waals surface area contributed by atoms with E-state index >= 15 is 0 Å². The second kappa shape index (κ2) is 2.10. The Morgan fingerprint density at radius 1 is 1.50 bits per heavy atom. The van der Waals surface area contributed by atoms with Crippen LogP contribution in [0.25, 0.3) is 0 Å². The lowest BCUT2D eigenvalue weighted by Gasteiger charge is -1.99. The molecule has 1 aromatic carbocycles. The fraction of sp³-hybridized carbons (Fsp3) is 0.400. The van der Waals surface area contributed by atoms with Gasteiger partial charge >= 0.3 is 0 Å². The fourth-order valence-electron chi connectivity index (χ4n) is 1.97. The molecule has 72 valence electrons. The van der Waals surface area contributed by atoms with E-state index in [0.717, 1.165) is 23.7 Å². The molecule has 3 aliphatic heterocycles. The number of rotatable bonds is 2. The third-order valence-corrected chi connectivity index (χ3v) is 3.28. The predicted molar refractivity (Wildman–Crippen MR) is 51.7 cm³/mol. The quantitative estimate of drug-likeness (QED) is 0.606. The molecule has 0 saturated carbocycles. The van der Waals surface area contributed by atoms with Gasteiger partial charge in [0.25, 0.3) is 0 Å². The van der Waals surface area contributed by atoms with Gasteiger partial charge in [0.2, 0.25) is 5.79 Å². The van der Waals surface area contributed by atoms with E-state index in [1.165, 1.54) is 5.56 Å². The van der Waals surface area contributed by atoms with Crippen LogP contribution in [-0.2, 0) is 15.2 Å². The molecule has 4 heteroatoms. The Labute approximate surface area is 86.4 Å². The summed E-state index contributed by atoms with van der Waals surface area (Å²) in [7, 11) is 0. The van der Waals surface area contributed by atoms with Crippen molar-refractivity contribution in [3.05, 3.63) is 23.3 Å². The minimum Gasteiger partial charge on any atom is -0.449 e. The molecule has 2 unspecified atom stereocenters. The van der Waals surface area contributed by atoms with Crippen LogP contribution < -0.4 is 4.74 Å². The number of benzene rings is 1. The minimum atomic E-state index is -0.263. The molecule has 2 atom stereocenters. The summed E-state index contributed by atoms with van der Waals surface area (Å²) >= 11 is 4.31. The molecule has 0 N–H and O–H groups in total. The average molecular weight is 208 g/mol. The molecule has 3 heterocycles. The van der Waals surface area contributed by atoms with Gasteiger partial charge in [-0.15, -0.1) is 0 Å². The summed E-state index contributed by atoms with van der Waals surface area (Å²) in [6, 6.07) is 4.04. The fourth-order valence-corrected chi connectivity index (χ4v) is 2.29. The molecular formula is C10H8O3S. The Kier molecular flexibility index (Phi) is 1.14. The molecule has 0 amide bonds. The maximum Gasteiger partial charge on any atom is 0.224 e. The highest BCUT2D eigenvalue weighted by Crippen LogP contribution is 2.62. The van der Waals surface area contributed by atoms with E-state index in [2.05, 4.69) is 18.7 Å².